The molecule has 6 nitrogen and oxygen atoms in total. The van der Waals surface area contributed by atoms with E-state index in [0.717, 1.165) is 44.3 Å². The molecular weight excluding hydrogens is 378 g/mol. The number of benzene rings is 1. The topological polar surface area (TPSA) is 61.9 Å². The average molecular weight is 406 g/mol. The molecule has 152 valence electrons. The Bertz CT molecular complexity index is 757. The van der Waals surface area contributed by atoms with Gasteiger partial charge < -0.3 is 19.9 Å². The second-order valence-corrected chi connectivity index (χ2v) is 8.74. The number of ether oxygens (including phenoxy) is 1. The molecule has 1 aromatic rings. The number of hydrogen-bond donors (Lipinski definition) is 1. The van der Waals surface area contributed by atoms with Crippen LogP contribution in [0.15, 0.2) is 18.2 Å². The van der Waals surface area contributed by atoms with Gasteiger partial charge in [-0.15, -0.1) is 0 Å². The van der Waals surface area contributed by atoms with Crippen molar-refractivity contribution in [3.63, 3.8) is 0 Å². The minimum atomic E-state index is -0.166. The first-order valence-electron chi connectivity index (χ1n) is 10.2. The van der Waals surface area contributed by atoms with E-state index < -0.39 is 0 Å². The van der Waals surface area contributed by atoms with Crippen LogP contribution in [0.5, 0.6) is 0 Å². The van der Waals surface area contributed by atoms with E-state index in [1.54, 1.807) is 11.0 Å². The third-order valence-electron chi connectivity index (χ3n) is 6.56. The van der Waals surface area contributed by atoms with Crippen LogP contribution in [0.25, 0.3) is 0 Å². The van der Waals surface area contributed by atoms with Crippen molar-refractivity contribution in [3.8, 4) is 0 Å². The maximum absolute atomic E-state index is 13.2. The van der Waals surface area contributed by atoms with Crippen molar-refractivity contribution in [2.24, 2.45) is 11.3 Å². The standard InChI is InChI=1S/C21H28ClN3O3/c1-15-4-5-16(12-18(15)22)23-20(27)25-13-17(19(26)24-8-2-3-9-24)21(14-25)6-10-28-11-7-21/h4-5,12,17H,2-3,6-11,13-14H2,1H3,(H,23,27)/t17-/m1/s1. The van der Waals surface area contributed by atoms with E-state index in [1.807, 2.05) is 24.0 Å². The van der Waals surface area contributed by atoms with Crippen LogP contribution in [0.4, 0.5) is 10.5 Å². The number of halogens is 1. The Kier molecular flexibility index (Phi) is 5.52. The largest absolute Gasteiger partial charge is 0.381 e. The minimum absolute atomic E-state index is 0.137. The van der Waals surface area contributed by atoms with Gasteiger partial charge >= 0.3 is 6.03 Å². The smallest absolute Gasteiger partial charge is 0.321 e. The SMILES string of the molecule is Cc1ccc(NC(=O)N2C[C@H](C(=O)N3CCCC3)C3(CCOCC3)C2)cc1Cl. The quantitative estimate of drug-likeness (QED) is 0.818. The van der Waals surface area contributed by atoms with Gasteiger partial charge in [0.25, 0.3) is 0 Å². The highest BCUT2D eigenvalue weighted by molar-refractivity contribution is 6.31. The Morgan fingerprint density at radius 3 is 2.57 bits per heavy atom. The molecule has 0 radical (unpaired) electrons. The monoisotopic (exact) mass is 405 g/mol. The maximum atomic E-state index is 13.2. The molecule has 3 fully saturated rings. The zero-order valence-corrected chi connectivity index (χ0v) is 17.1. The van der Waals surface area contributed by atoms with Gasteiger partial charge in [-0.25, -0.2) is 4.79 Å². The zero-order valence-electron chi connectivity index (χ0n) is 16.4. The van der Waals surface area contributed by atoms with Crippen molar-refractivity contribution in [3.05, 3.63) is 28.8 Å². The summed E-state index contributed by atoms with van der Waals surface area (Å²) in [7, 11) is 0. The van der Waals surface area contributed by atoms with E-state index in [0.29, 0.717) is 37.0 Å². The van der Waals surface area contributed by atoms with Crippen LogP contribution in [0, 0.1) is 18.3 Å². The number of carbonyl (C=O) groups is 2. The summed E-state index contributed by atoms with van der Waals surface area (Å²) in [5.74, 6) is 0.0786. The summed E-state index contributed by atoms with van der Waals surface area (Å²) in [4.78, 5) is 30.0. The lowest BCUT2D eigenvalue weighted by Crippen LogP contribution is -2.45. The summed E-state index contributed by atoms with van der Waals surface area (Å²) in [6.07, 6.45) is 3.81. The van der Waals surface area contributed by atoms with Crippen LogP contribution in [0.2, 0.25) is 5.02 Å². The Balaban J connectivity index is 1.50. The highest BCUT2D eigenvalue weighted by Gasteiger charge is 2.52. The van der Waals surface area contributed by atoms with Crippen LogP contribution in [-0.2, 0) is 9.53 Å². The molecule has 3 heterocycles. The number of aryl methyl sites for hydroxylation is 1. The second-order valence-electron chi connectivity index (χ2n) is 8.33. The van der Waals surface area contributed by atoms with Gasteiger partial charge in [-0.1, -0.05) is 17.7 Å². The third-order valence-corrected chi connectivity index (χ3v) is 6.97. The summed E-state index contributed by atoms with van der Waals surface area (Å²) in [6.45, 7) is 6.01. The molecule has 1 aromatic carbocycles. The number of likely N-dealkylation sites (tertiary alicyclic amines) is 2. The number of carbonyl (C=O) groups excluding carboxylic acids is 2. The molecule has 3 saturated heterocycles. The molecule has 28 heavy (non-hydrogen) atoms. The number of hydrogen-bond acceptors (Lipinski definition) is 3. The second kappa shape index (κ2) is 7.91. The summed E-state index contributed by atoms with van der Waals surface area (Å²) < 4.78 is 5.57. The van der Waals surface area contributed by atoms with Gasteiger partial charge in [0.05, 0.1) is 5.92 Å². The molecule has 3 aliphatic heterocycles. The van der Waals surface area contributed by atoms with Crippen molar-refractivity contribution >= 4 is 29.2 Å². The van der Waals surface area contributed by atoms with E-state index in [9.17, 15) is 9.59 Å². The number of anilines is 1. The van der Waals surface area contributed by atoms with Crippen LogP contribution >= 0.6 is 11.6 Å². The molecule has 0 aliphatic carbocycles. The molecule has 0 unspecified atom stereocenters. The summed E-state index contributed by atoms with van der Waals surface area (Å²) in [6, 6.07) is 5.35. The molecule has 3 aliphatic rings. The highest BCUT2D eigenvalue weighted by atomic mass is 35.5. The van der Waals surface area contributed by atoms with Crippen LogP contribution in [0.1, 0.15) is 31.2 Å². The fourth-order valence-electron chi connectivity index (χ4n) is 4.78. The van der Waals surface area contributed by atoms with Crippen molar-refractivity contribution < 1.29 is 14.3 Å². The number of nitrogens with zero attached hydrogens (tertiary/aromatic N) is 2. The first-order chi connectivity index (χ1) is 13.5. The van der Waals surface area contributed by atoms with Gasteiger partial charge in [-0.05, 0) is 50.3 Å². The zero-order chi connectivity index (χ0) is 19.7. The maximum Gasteiger partial charge on any atom is 0.321 e. The number of amides is 3. The molecule has 7 heteroatoms. The Hall–Kier alpha value is -1.79. The van der Waals surface area contributed by atoms with E-state index in [-0.39, 0.29) is 23.3 Å². The van der Waals surface area contributed by atoms with E-state index >= 15 is 0 Å². The Morgan fingerprint density at radius 1 is 1.18 bits per heavy atom. The summed E-state index contributed by atoms with van der Waals surface area (Å²) in [5, 5.41) is 3.58. The Morgan fingerprint density at radius 2 is 1.89 bits per heavy atom. The lowest BCUT2D eigenvalue weighted by Gasteiger charge is -2.38. The van der Waals surface area contributed by atoms with Gasteiger partial charge in [0.2, 0.25) is 5.91 Å². The third kappa shape index (κ3) is 3.72. The minimum Gasteiger partial charge on any atom is -0.381 e. The number of nitrogens with one attached hydrogen (secondary N) is 1. The van der Waals surface area contributed by atoms with E-state index in [1.165, 1.54) is 0 Å². The van der Waals surface area contributed by atoms with Crippen LogP contribution in [0.3, 0.4) is 0 Å². The fourth-order valence-corrected chi connectivity index (χ4v) is 4.96. The average Bonchev–Trinajstić information content (AvgIpc) is 3.34. The number of rotatable bonds is 2. The fraction of sp³-hybridized carbons (Fsp3) is 0.619. The van der Waals surface area contributed by atoms with Crippen LogP contribution in [-0.4, -0.2) is 61.1 Å². The molecule has 1 N–H and O–H groups in total. The van der Waals surface area contributed by atoms with Gasteiger partial charge in [-0.3, -0.25) is 4.79 Å². The predicted octanol–water partition coefficient (Wildman–Crippen LogP) is 3.53. The molecule has 0 bridgehead atoms. The Labute approximate surface area is 171 Å². The van der Waals surface area contributed by atoms with Gasteiger partial charge in [-0.2, -0.15) is 0 Å². The molecule has 0 saturated carbocycles. The van der Waals surface area contributed by atoms with Crippen molar-refractivity contribution in [1.29, 1.82) is 0 Å². The van der Waals surface area contributed by atoms with Crippen molar-refractivity contribution in [2.45, 2.75) is 32.6 Å². The first-order valence-corrected chi connectivity index (χ1v) is 10.5. The molecule has 4 rings (SSSR count). The summed E-state index contributed by atoms with van der Waals surface area (Å²) >= 11 is 6.18. The predicted molar refractivity (Wildman–Crippen MR) is 109 cm³/mol. The highest BCUT2D eigenvalue weighted by Crippen LogP contribution is 2.45. The molecule has 3 amide bonds. The van der Waals surface area contributed by atoms with Gasteiger partial charge in [0.15, 0.2) is 0 Å². The van der Waals surface area contributed by atoms with Crippen LogP contribution < -0.4 is 5.32 Å². The normalized spacial score (nSPS) is 24.0. The molecule has 1 spiro atoms. The first kappa shape index (κ1) is 19.5. The molecule has 0 aromatic heterocycles. The van der Waals surface area contributed by atoms with Gasteiger partial charge in [0.1, 0.15) is 0 Å². The summed E-state index contributed by atoms with van der Waals surface area (Å²) in [5.41, 5.74) is 1.48. The lowest BCUT2D eigenvalue weighted by molar-refractivity contribution is -0.139. The molecule has 1 atom stereocenters. The van der Waals surface area contributed by atoms with E-state index in [4.69, 9.17) is 16.3 Å². The lowest BCUT2D eigenvalue weighted by atomic mass is 9.71. The molecular formula is C21H28ClN3O3. The van der Waals surface area contributed by atoms with E-state index in [2.05, 4.69) is 5.32 Å². The van der Waals surface area contributed by atoms with Crippen molar-refractivity contribution in [1.82, 2.24) is 9.80 Å². The number of urea groups is 1. The van der Waals surface area contributed by atoms with Crippen molar-refractivity contribution in [2.75, 3.05) is 44.7 Å². The van der Waals surface area contributed by atoms with Gasteiger partial charge in [0, 0.05) is 55.5 Å².